The van der Waals surface area contributed by atoms with Gasteiger partial charge < -0.3 is 20.4 Å². The van der Waals surface area contributed by atoms with E-state index in [0.29, 0.717) is 6.42 Å². The average molecular weight is 391 g/mol. The minimum absolute atomic E-state index is 0.0898. The average Bonchev–Trinajstić information content (AvgIpc) is 3.40. The van der Waals surface area contributed by atoms with Gasteiger partial charge in [0.2, 0.25) is 5.91 Å². The highest BCUT2D eigenvalue weighted by atomic mass is 32.1. The lowest BCUT2D eigenvalue weighted by Crippen LogP contribution is -2.51. The number of piperidine rings is 1. The molecule has 4 rings (SSSR count). The van der Waals surface area contributed by atoms with Gasteiger partial charge in [-0.05, 0) is 25.7 Å². The Balaban J connectivity index is 1.28. The quantitative estimate of drug-likeness (QED) is 0.602. The summed E-state index contributed by atoms with van der Waals surface area (Å²) in [6.45, 7) is 5.83. The number of carbonyl (C=O) groups is 1. The molecule has 3 aliphatic rings. The van der Waals surface area contributed by atoms with Crippen molar-refractivity contribution in [1.82, 2.24) is 20.5 Å². The smallest absolute Gasteiger partial charge is 0.220 e. The van der Waals surface area contributed by atoms with Crippen molar-refractivity contribution in [2.45, 2.75) is 38.5 Å². The van der Waals surface area contributed by atoms with Gasteiger partial charge in [-0.25, -0.2) is 4.98 Å². The Hall–Kier alpha value is -1.83. The van der Waals surface area contributed by atoms with E-state index in [0.717, 1.165) is 70.2 Å². The van der Waals surface area contributed by atoms with Crippen molar-refractivity contribution in [3.05, 3.63) is 11.1 Å². The van der Waals surface area contributed by atoms with E-state index in [9.17, 15) is 4.79 Å². The maximum absolute atomic E-state index is 11.7. The number of carbonyl (C=O) groups excluding carboxylic acids is 1. The van der Waals surface area contributed by atoms with Crippen LogP contribution in [0.1, 0.15) is 37.8 Å². The van der Waals surface area contributed by atoms with Gasteiger partial charge in [0, 0.05) is 70.0 Å². The third kappa shape index (κ3) is 4.20. The molecule has 2 N–H and O–H groups in total. The van der Waals surface area contributed by atoms with Crippen LogP contribution in [0.3, 0.4) is 0 Å². The van der Waals surface area contributed by atoms with Crippen LogP contribution in [0, 0.1) is 5.41 Å². The van der Waals surface area contributed by atoms with E-state index in [1.807, 2.05) is 7.05 Å². The van der Waals surface area contributed by atoms with Crippen molar-refractivity contribution in [3.63, 3.8) is 0 Å². The zero-order chi connectivity index (χ0) is 18.7. The minimum Gasteiger partial charge on any atom is -0.356 e. The van der Waals surface area contributed by atoms with Crippen molar-refractivity contribution in [3.8, 4) is 0 Å². The molecule has 1 unspecified atom stereocenters. The molecule has 3 saturated heterocycles. The zero-order valence-electron chi connectivity index (χ0n) is 16.2. The second-order valence-corrected chi connectivity index (χ2v) is 8.85. The first-order valence-corrected chi connectivity index (χ1v) is 11.0. The SMILES string of the molecule is CN=C(NCCc1csc(N2CCCC2)n1)N1CCCC2(CNC(=O)C2)C1. The molecule has 0 aromatic carbocycles. The highest BCUT2D eigenvalue weighted by molar-refractivity contribution is 7.13. The molecule has 7 nitrogen and oxygen atoms in total. The molecular weight excluding hydrogens is 360 g/mol. The summed E-state index contributed by atoms with van der Waals surface area (Å²) < 4.78 is 0. The molecule has 1 spiro atoms. The van der Waals surface area contributed by atoms with Crippen LogP contribution < -0.4 is 15.5 Å². The highest BCUT2D eigenvalue weighted by Gasteiger charge is 2.42. The van der Waals surface area contributed by atoms with Gasteiger partial charge in [-0.1, -0.05) is 0 Å². The number of nitrogens with one attached hydrogen (secondary N) is 2. The van der Waals surface area contributed by atoms with Crippen LogP contribution in [0.15, 0.2) is 10.4 Å². The zero-order valence-corrected chi connectivity index (χ0v) is 17.0. The van der Waals surface area contributed by atoms with Gasteiger partial charge in [-0.15, -0.1) is 11.3 Å². The van der Waals surface area contributed by atoms with Crippen molar-refractivity contribution < 1.29 is 4.79 Å². The summed E-state index contributed by atoms with van der Waals surface area (Å²) in [7, 11) is 1.84. The maximum atomic E-state index is 11.7. The molecule has 27 heavy (non-hydrogen) atoms. The number of guanidine groups is 1. The lowest BCUT2D eigenvalue weighted by atomic mass is 9.79. The molecule has 1 aromatic rings. The Morgan fingerprint density at radius 3 is 2.96 bits per heavy atom. The topological polar surface area (TPSA) is 72.9 Å². The lowest BCUT2D eigenvalue weighted by Gasteiger charge is -2.40. The first-order chi connectivity index (χ1) is 13.2. The lowest BCUT2D eigenvalue weighted by molar-refractivity contribution is -0.119. The van der Waals surface area contributed by atoms with Gasteiger partial charge >= 0.3 is 0 Å². The number of thiazole rings is 1. The summed E-state index contributed by atoms with van der Waals surface area (Å²) in [5, 5.41) is 9.87. The van der Waals surface area contributed by atoms with Gasteiger partial charge in [0.15, 0.2) is 11.1 Å². The predicted molar refractivity (Wildman–Crippen MR) is 109 cm³/mol. The van der Waals surface area contributed by atoms with Crippen molar-refractivity contribution in [2.24, 2.45) is 10.4 Å². The summed E-state index contributed by atoms with van der Waals surface area (Å²) in [6.07, 6.45) is 6.36. The first kappa shape index (κ1) is 18.5. The van der Waals surface area contributed by atoms with Gasteiger partial charge in [-0.3, -0.25) is 9.79 Å². The summed E-state index contributed by atoms with van der Waals surface area (Å²) in [5.74, 6) is 1.14. The van der Waals surface area contributed by atoms with Crippen LogP contribution in [-0.4, -0.2) is 68.1 Å². The standard InChI is InChI=1S/C19H30N6OS/c1-20-17(25-10-4-6-19(14-25)11-16(26)22-13-19)21-7-5-15-12-27-18(23-15)24-8-2-3-9-24/h12H,2-11,13-14H2,1H3,(H,20,21)(H,22,26). The maximum Gasteiger partial charge on any atom is 0.220 e. The molecule has 0 saturated carbocycles. The molecule has 0 radical (unpaired) electrons. The van der Waals surface area contributed by atoms with E-state index in [-0.39, 0.29) is 11.3 Å². The van der Waals surface area contributed by atoms with E-state index in [2.05, 4.69) is 30.8 Å². The number of nitrogens with zero attached hydrogens (tertiary/aromatic N) is 4. The third-order valence-corrected chi connectivity index (χ3v) is 6.90. The number of rotatable bonds is 4. The number of anilines is 1. The summed E-state index contributed by atoms with van der Waals surface area (Å²) >= 11 is 1.76. The molecule has 8 heteroatoms. The predicted octanol–water partition coefficient (Wildman–Crippen LogP) is 1.46. The van der Waals surface area contributed by atoms with E-state index in [1.54, 1.807) is 11.3 Å². The van der Waals surface area contributed by atoms with Crippen molar-refractivity contribution in [2.75, 3.05) is 51.2 Å². The Labute approximate surface area is 165 Å². The summed E-state index contributed by atoms with van der Waals surface area (Å²) in [4.78, 5) is 25.7. The fraction of sp³-hybridized carbons (Fsp3) is 0.737. The number of aromatic nitrogens is 1. The summed E-state index contributed by atoms with van der Waals surface area (Å²) in [5.41, 5.74) is 1.25. The van der Waals surface area contributed by atoms with Crippen LogP contribution in [0.5, 0.6) is 0 Å². The number of hydrogen-bond donors (Lipinski definition) is 2. The Kier molecular flexibility index (Phi) is 5.52. The van der Waals surface area contributed by atoms with Crippen LogP contribution in [-0.2, 0) is 11.2 Å². The van der Waals surface area contributed by atoms with Crippen LogP contribution in [0.4, 0.5) is 5.13 Å². The highest BCUT2D eigenvalue weighted by Crippen LogP contribution is 2.36. The number of hydrogen-bond acceptors (Lipinski definition) is 5. The molecule has 0 bridgehead atoms. The molecule has 0 aliphatic carbocycles. The molecule has 1 atom stereocenters. The Bertz CT molecular complexity index is 698. The Morgan fingerprint density at radius 1 is 1.37 bits per heavy atom. The molecule has 148 valence electrons. The number of aliphatic imine (C=N–C) groups is 1. The van der Waals surface area contributed by atoms with Gasteiger partial charge in [0.25, 0.3) is 0 Å². The van der Waals surface area contributed by atoms with E-state index in [1.165, 1.54) is 18.0 Å². The van der Waals surface area contributed by atoms with E-state index in [4.69, 9.17) is 4.98 Å². The molecule has 1 aromatic heterocycles. The number of likely N-dealkylation sites (tertiary alicyclic amines) is 1. The van der Waals surface area contributed by atoms with Crippen LogP contribution >= 0.6 is 11.3 Å². The monoisotopic (exact) mass is 390 g/mol. The molecule has 3 fully saturated rings. The third-order valence-electron chi connectivity index (χ3n) is 5.95. The van der Waals surface area contributed by atoms with E-state index >= 15 is 0 Å². The largest absolute Gasteiger partial charge is 0.356 e. The second kappa shape index (κ2) is 8.04. The van der Waals surface area contributed by atoms with Gasteiger partial charge in [0.05, 0.1) is 5.69 Å². The van der Waals surface area contributed by atoms with E-state index < -0.39 is 0 Å². The fourth-order valence-electron chi connectivity index (χ4n) is 4.53. The molecule has 1 amide bonds. The van der Waals surface area contributed by atoms with Crippen LogP contribution in [0.2, 0.25) is 0 Å². The number of amides is 1. The van der Waals surface area contributed by atoms with Crippen LogP contribution in [0.25, 0.3) is 0 Å². The Morgan fingerprint density at radius 2 is 2.22 bits per heavy atom. The van der Waals surface area contributed by atoms with Gasteiger partial charge in [0.1, 0.15) is 0 Å². The fourth-order valence-corrected chi connectivity index (χ4v) is 5.44. The minimum atomic E-state index is 0.0898. The molecule has 4 heterocycles. The second-order valence-electron chi connectivity index (χ2n) is 8.02. The normalized spacial score (nSPS) is 26.1. The van der Waals surface area contributed by atoms with Crippen molar-refractivity contribution in [1.29, 1.82) is 0 Å². The van der Waals surface area contributed by atoms with Crippen molar-refractivity contribution >= 4 is 28.3 Å². The summed E-state index contributed by atoms with van der Waals surface area (Å²) in [6, 6.07) is 0. The first-order valence-electron chi connectivity index (χ1n) is 10.1. The molecular formula is C19H30N6OS. The molecule has 3 aliphatic heterocycles. The van der Waals surface area contributed by atoms with Gasteiger partial charge in [-0.2, -0.15) is 0 Å².